The standard InChI is InChI=1S/C24H25N3O3S/c1-29-18-7-4-8-19(17-18)30-15-6-14-27-21-10-3-2-9-20(21)26-23(27)12-13-25-24(28)22-11-5-16-31-22/h2-5,7-11,16-17H,6,12-15H2,1H3,(H,25,28). The molecule has 2 aromatic carbocycles. The lowest BCUT2D eigenvalue weighted by atomic mass is 10.3. The second kappa shape index (κ2) is 10.1. The van der Waals surface area contributed by atoms with Gasteiger partial charge in [0.05, 0.1) is 29.6 Å². The van der Waals surface area contributed by atoms with Crippen molar-refractivity contribution in [2.24, 2.45) is 0 Å². The van der Waals surface area contributed by atoms with E-state index in [-0.39, 0.29) is 5.91 Å². The van der Waals surface area contributed by atoms with E-state index in [9.17, 15) is 4.79 Å². The number of fused-ring (bicyclic) bond motifs is 1. The predicted octanol–water partition coefficient (Wildman–Crippen LogP) is 4.55. The second-order valence-electron chi connectivity index (χ2n) is 7.03. The van der Waals surface area contributed by atoms with Crippen LogP contribution in [0.2, 0.25) is 0 Å². The monoisotopic (exact) mass is 435 g/mol. The summed E-state index contributed by atoms with van der Waals surface area (Å²) in [6.45, 7) is 1.92. The quantitative estimate of drug-likeness (QED) is 0.371. The lowest BCUT2D eigenvalue weighted by molar-refractivity contribution is 0.0958. The molecule has 0 spiro atoms. The largest absolute Gasteiger partial charge is 0.497 e. The van der Waals surface area contributed by atoms with E-state index in [4.69, 9.17) is 14.5 Å². The molecule has 6 nitrogen and oxygen atoms in total. The van der Waals surface area contributed by atoms with Gasteiger partial charge in [0.2, 0.25) is 0 Å². The minimum atomic E-state index is -0.0376. The Labute approximate surface area is 185 Å². The fourth-order valence-corrected chi connectivity index (χ4v) is 4.09. The third-order valence-electron chi connectivity index (χ3n) is 4.95. The number of amides is 1. The van der Waals surface area contributed by atoms with E-state index >= 15 is 0 Å². The van der Waals surface area contributed by atoms with Crippen LogP contribution in [0.4, 0.5) is 0 Å². The molecule has 0 radical (unpaired) electrons. The van der Waals surface area contributed by atoms with Gasteiger partial charge in [-0.3, -0.25) is 4.79 Å². The Morgan fingerprint density at radius 2 is 1.97 bits per heavy atom. The molecule has 0 saturated carbocycles. The van der Waals surface area contributed by atoms with Crippen molar-refractivity contribution in [3.8, 4) is 11.5 Å². The molecule has 0 saturated heterocycles. The molecule has 0 bridgehead atoms. The number of nitrogens with zero attached hydrogens (tertiary/aromatic N) is 2. The molecule has 2 aromatic heterocycles. The molecule has 2 heterocycles. The maximum Gasteiger partial charge on any atom is 0.261 e. The number of methoxy groups -OCH3 is 1. The van der Waals surface area contributed by atoms with E-state index < -0.39 is 0 Å². The highest BCUT2D eigenvalue weighted by Gasteiger charge is 2.12. The summed E-state index contributed by atoms with van der Waals surface area (Å²) in [6, 6.07) is 19.5. The van der Waals surface area contributed by atoms with Gasteiger partial charge in [-0.25, -0.2) is 4.98 Å². The first-order valence-corrected chi connectivity index (χ1v) is 11.2. The maximum atomic E-state index is 12.2. The third kappa shape index (κ3) is 5.24. The van der Waals surface area contributed by atoms with Crippen LogP contribution in [0, 0.1) is 0 Å². The summed E-state index contributed by atoms with van der Waals surface area (Å²) < 4.78 is 13.3. The van der Waals surface area contributed by atoms with Crippen LogP contribution < -0.4 is 14.8 Å². The normalized spacial score (nSPS) is 10.9. The number of rotatable bonds is 10. The van der Waals surface area contributed by atoms with Gasteiger partial charge in [-0.1, -0.05) is 24.3 Å². The fraction of sp³-hybridized carbons (Fsp3) is 0.250. The average molecular weight is 436 g/mol. The van der Waals surface area contributed by atoms with Gasteiger partial charge in [-0.05, 0) is 42.1 Å². The number of para-hydroxylation sites is 2. The summed E-state index contributed by atoms with van der Waals surface area (Å²) in [5.74, 6) is 2.51. The van der Waals surface area contributed by atoms with E-state index in [1.165, 1.54) is 11.3 Å². The van der Waals surface area contributed by atoms with Crippen molar-refractivity contribution >= 4 is 28.3 Å². The summed E-state index contributed by atoms with van der Waals surface area (Å²) in [4.78, 5) is 17.7. The number of aryl methyl sites for hydroxylation is 1. The third-order valence-corrected chi connectivity index (χ3v) is 5.82. The molecular weight excluding hydrogens is 410 g/mol. The lowest BCUT2D eigenvalue weighted by Gasteiger charge is -2.11. The van der Waals surface area contributed by atoms with Gasteiger partial charge in [0, 0.05) is 25.6 Å². The number of carbonyl (C=O) groups is 1. The first-order valence-electron chi connectivity index (χ1n) is 10.3. The molecule has 0 fully saturated rings. The topological polar surface area (TPSA) is 65.4 Å². The molecule has 0 atom stereocenters. The number of hydrogen-bond acceptors (Lipinski definition) is 5. The van der Waals surface area contributed by atoms with E-state index in [0.717, 1.165) is 46.2 Å². The highest BCUT2D eigenvalue weighted by molar-refractivity contribution is 7.12. The van der Waals surface area contributed by atoms with E-state index in [0.29, 0.717) is 19.6 Å². The van der Waals surface area contributed by atoms with Crippen molar-refractivity contribution in [1.82, 2.24) is 14.9 Å². The highest BCUT2D eigenvalue weighted by atomic mass is 32.1. The molecule has 7 heteroatoms. The first-order chi connectivity index (χ1) is 15.2. The molecule has 4 rings (SSSR count). The van der Waals surface area contributed by atoms with E-state index in [2.05, 4.69) is 16.0 Å². The van der Waals surface area contributed by atoms with Gasteiger partial charge < -0.3 is 19.4 Å². The zero-order valence-electron chi connectivity index (χ0n) is 17.4. The van der Waals surface area contributed by atoms with E-state index in [1.807, 2.05) is 60.0 Å². The van der Waals surface area contributed by atoms with Gasteiger partial charge in [0.15, 0.2) is 0 Å². The summed E-state index contributed by atoms with van der Waals surface area (Å²) in [5, 5.41) is 4.89. The van der Waals surface area contributed by atoms with Crippen molar-refractivity contribution in [1.29, 1.82) is 0 Å². The summed E-state index contributed by atoms with van der Waals surface area (Å²) in [5.41, 5.74) is 2.07. The van der Waals surface area contributed by atoms with E-state index in [1.54, 1.807) is 7.11 Å². The number of hydrogen-bond donors (Lipinski definition) is 1. The Kier molecular flexibility index (Phi) is 6.84. The van der Waals surface area contributed by atoms with Gasteiger partial charge in [0.25, 0.3) is 5.91 Å². The zero-order chi connectivity index (χ0) is 21.5. The number of imidazole rings is 1. The van der Waals surface area contributed by atoms with Gasteiger partial charge in [0.1, 0.15) is 17.3 Å². The number of aromatic nitrogens is 2. The predicted molar refractivity (Wildman–Crippen MR) is 123 cm³/mol. The van der Waals surface area contributed by atoms with Crippen LogP contribution in [0.5, 0.6) is 11.5 Å². The Morgan fingerprint density at radius 3 is 2.81 bits per heavy atom. The number of benzene rings is 2. The lowest BCUT2D eigenvalue weighted by Crippen LogP contribution is -2.25. The number of nitrogens with one attached hydrogen (secondary N) is 1. The van der Waals surface area contributed by atoms with Crippen LogP contribution in [0.1, 0.15) is 21.9 Å². The van der Waals surface area contributed by atoms with Crippen molar-refractivity contribution in [2.45, 2.75) is 19.4 Å². The van der Waals surface area contributed by atoms with Crippen LogP contribution in [-0.2, 0) is 13.0 Å². The van der Waals surface area contributed by atoms with Crippen LogP contribution in [0.3, 0.4) is 0 Å². The molecule has 0 aliphatic rings. The van der Waals surface area contributed by atoms with Crippen molar-refractivity contribution in [2.75, 3.05) is 20.3 Å². The Bertz CT molecular complexity index is 1140. The number of thiophene rings is 1. The van der Waals surface area contributed by atoms with Crippen molar-refractivity contribution in [3.05, 3.63) is 76.7 Å². The fourth-order valence-electron chi connectivity index (χ4n) is 3.45. The van der Waals surface area contributed by atoms with Gasteiger partial charge >= 0.3 is 0 Å². The molecule has 0 aliphatic carbocycles. The van der Waals surface area contributed by atoms with Crippen LogP contribution in [0.15, 0.2) is 66.0 Å². The van der Waals surface area contributed by atoms with Crippen molar-refractivity contribution < 1.29 is 14.3 Å². The maximum absolute atomic E-state index is 12.2. The van der Waals surface area contributed by atoms with Gasteiger partial charge in [-0.15, -0.1) is 11.3 Å². The summed E-state index contributed by atoms with van der Waals surface area (Å²) in [7, 11) is 1.65. The Morgan fingerprint density at radius 1 is 1.10 bits per heavy atom. The Balaban J connectivity index is 1.37. The molecule has 1 N–H and O–H groups in total. The van der Waals surface area contributed by atoms with Crippen LogP contribution >= 0.6 is 11.3 Å². The molecule has 31 heavy (non-hydrogen) atoms. The SMILES string of the molecule is COc1cccc(OCCCn2c(CCNC(=O)c3cccs3)nc3ccccc32)c1. The molecule has 0 aliphatic heterocycles. The highest BCUT2D eigenvalue weighted by Crippen LogP contribution is 2.20. The first kappa shape index (κ1) is 20.9. The molecular formula is C24H25N3O3S. The van der Waals surface area contributed by atoms with Gasteiger partial charge in [-0.2, -0.15) is 0 Å². The smallest absolute Gasteiger partial charge is 0.261 e. The Hall–Kier alpha value is -3.32. The average Bonchev–Trinajstić information content (AvgIpc) is 3.45. The molecule has 0 unspecified atom stereocenters. The van der Waals surface area contributed by atoms with Crippen LogP contribution in [0.25, 0.3) is 11.0 Å². The zero-order valence-corrected chi connectivity index (χ0v) is 18.2. The number of carbonyl (C=O) groups excluding carboxylic acids is 1. The van der Waals surface area contributed by atoms with Crippen LogP contribution in [-0.4, -0.2) is 35.7 Å². The molecule has 160 valence electrons. The minimum Gasteiger partial charge on any atom is -0.497 e. The second-order valence-corrected chi connectivity index (χ2v) is 7.98. The summed E-state index contributed by atoms with van der Waals surface area (Å²) in [6.07, 6.45) is 1.51. The summed E-state index contributed by atoms with van der Waals surface area (Å²) >= 11 is 1.44. The number of ether oxygens (including phenoxy) is 2. The molecule has 4 aromatic rings. The van der Waals surface area contributed by atoms with Crippen molar-refractivity contribution in [3.63, 3.8) is 0 Å². The molecule has 1 amide bonds. The minimum absolute atomic E-state index is 0.0376.